The van der Waals surface area contributed by atoms with Crippen molar-refractivity contribution < 1.29 is 18.8 Å². The summed E-state index contributed by atoms with van der Waals surface area (Å²) in [5.74, 6) is -1.71. The number of ketones is 2. The topological polar surface area (TPSA) is 79.6 Å². The molecule has 3 aliphatic heterocycles. The highest BCUT2D eigenvalue weighted by Crippen LogP contribution is 2.62. The largest absolute Gasteiger partial charge is 0.461 e. The van der Waals surface area contributed by atoms with Gasteiger partial charge in [-0.2, -0.15) is 0 Å². The highest BCUT2D eigenvalue weighted by molar-refractivity contribution is 6.16. The molecule has 1 aromatic heterocycles. The fraction of sp³-hybridized carbons (Fsp3) is 0.129. The van der Waals surface area contributed by atoms with E-state index in [2.05, 4.69) is 5.32 Å². The standard InChI is InChI=1S/C31H22N2O4/c34-27(20-10-2-1-3-11-20)25-26(28(35)24-15-8-18-37-24)33-17-16-19-9-4-5-12-21(19)29(33)31(25)22-13-6-7-14-23(22)32-30(31)36/h1-18,25-26,29H,(H,32,36)/t25-,26+,29+,31+/m1/s1. The van der Waals surface area contributed by atoms with Crippen LogP contribution in [0.15, 0.2) is 108 Å². The zero-order valence-corrected chi connectivity index (χ0v) is 19.7. The van der Waals surface area contributed by atoms with Crippen molar-refractivity contribution in [1.82, 2.24) is 4.90 Å². The fourth-order valence-electron chi connectivity index (χ4n) is 6.51. The van der Waals surface area contributed by atoms with Crippen LogP contribution in [0, 0.1) is 5.92 Å². The van der Waals surface area contributed by atoms with E-state index in [0.717, 1.165) is 16.7 Å². The molecule has 4 heterocycles. The lowest BCUT2D eigenvalue weighted by molar-refractivity contribution is -0.122. The number of benzene rings is 3. The van der Waals surface area contributed by atoms with E-state index in [1.165, 1.54) is 6.26 Å². The molecule has 1 saturated heterocycles. The number of amides is 1. The minimum absolute atomic E-state index is 0.158. The van der Waals surface area contributed by atoms with E-state index < -0.39 is 23.4 Å². The molecule has 3 aliphatic rings. The maximum Gasteiger partial charge on any atom is 0.238 e. The van der Waals surface area contributed by atoms with Gasteiger partial charge in [0.05, 0.1) is 18.2 Å². The van der Waals surface area contributed by atoms with E-state index in [0.29, 0.717) is 11.3 Å². The second kappa shape index (κ2) is 7.90. The van der Waals surface area contributed by atoms with Crippen molar-refractivity contribution in [3.05, 3.63) is 131 Å². The molecule has 0 radical (unpaired) electrons. The lowest BCUT2D eigenvalue weighted by Crippen LogP contribution is -2.49. The number of nitrogens with zero attached hydrogens (tertiary/aromatic N) is 1. The number of carbonyl (C=O) groups excluding carboxylic acids is 3. The van der Waals surface area contributed by atoms with Crippen LogP contribution in [-0.4, -0.2) is 28.4 Å². The van der Waals surface area contributed by atoms with Gasteiger partial charge >= 0.3 is 0 Å². The molecule has 6 nitrogen and oxygen atoms in total. The minimum Gasteiger partial charge on any atom is -0.461 e. The van der Waals surface area contributed by atoms with E-state index in [1.54, 1.807) is 36.4 Å². The van der Waals surface area contributed by atoms with Crippen LogP contribution in [-0.2, 0) is 10.2 Å². The van der Waals surface area contributed by atoms with Crippen molar-refractivity contribution in [1.29, 1.82) is 0 Å². The fourth-order valence-corrected chi connectivity index (χ4v) is 6.51. The lowest BCUT2D eigenvalue weighted by Gasteiger charge is -2.38. The van der Waals surface area contributed by atoms with Crippen LogP contribution in [0.3, 0.4) is 0 Å². The van der Waals surface area contributed by atoms with Gasteiger partial charge in [0, 0.05) is 17.5 Å². The number of para-hydroxylation sites is 1. The normalized spacial score (nSPS) is 24.9. The molecule has 0 saturated carbocycles. The first-order valence-electron chi connectivity index (χ1n) is 12.2. The lowest BCUT2D eigenvalue weighted by atomic mass is 9.62. The summed E-state index contributed by atoms with van der Waals surface area (Å²) in [6, 6.07) is 26.0. The molecule has 0 aliphatic carbocycles. The van der Waals surface area contributed by atoms with Crippen LogP contribution >= 0.6 is 0 Å². The number of anilines is 1. The second-order valence-corrected chi connectivity index (χ2v) is 9.66. The Bertz CT molecular complexity index is 1590. The van der Waals surface area contributed by atoms with Gasteiger partial charge in [-0.05, 0) is 41.0 Å². The first-order valence-corrected chi connectivity index (χ1v) is 12.2. The summed E-state index contributed by atoms with van der Waals surface area (Å²) in [6.45, 7) is 0. The maximum atomic E-state index is 14.5. The third-order valence-electron chi connectivity index (χ3n) is 7.94. The zero-order chi connectivity index (χ0) is 25.1. The molecular weight excluding hydrogens is 464 g/mol. The summed E-state index contributed by atoms with van der Waals surface area (Å²) in [5.41, 5.74) is 2.37. The van der Waals surface area contributed by atoms with Gasteiger partial charge in [0.15, 0.2) is 11.5 Å². The monoisotopic (exact) mass is 486 g/mol. The van der Waals surface area contributed by atoms with E-state index >= 15 is 0 Å². The Morgan fingerprint density at radius 1 is 0.838 bits per heavy atom. The third kappa shape index (κ3) is 2.84. The number of Topliss-reactive ketones (excluding diaryl/α,β-unsaturated/α-hetero) is 2. The third-order valence-corrected chi connectivity index (χ3v) is 7.94. The van der Waals surface area contributed by atoms with E-state index in [9.17, 15) is 14.4 Å². The first-order chi connectivity index (χ1) is 18.1. The summed E-state index contributed by atoms with van der Waals surface area (Å²) in [5, 5.41) is 3.05. The van der Waals surface area contributed by atoms with Crippen LogP contribution in [0.2, 0.25) is 0 Å². The van der Waals surface area contributed by atoms with Crippen LogP contribution in [0.1, 0.15) is 43.6 Å². The predicted molar refractivity (Wildman–Crippen MR) is 138 cm³/mol. The summed E-state index contributed by atoms with van der Waals surface area (Å²) >= 11 is 0. The highest BCUT2D eigenvalue weighted by atomic mass is 16.3. The molecule has 1 amide bonds. The molecule has 4 atom stereocenters. The Balaban J connectivity index is 1.56. The van der Waals surface area contributed by atoms with Crippen molar-refractivity contribution in [3.8, 4) is 0 Å². The maximum absolute atomic E-state index is 14.5. The van der Waals surface area contributed by atoms with Crippen molar-refractivity contribution in [2.45, 2.75) is 17.5 Å². The molecule has 180 valence electrons. The molecule has 3 aromatic carbocycles. The Labute approximate surface area is 213 Å². The summed E-state index contributed by atoms with van der Waals surface area (Å²) < 4.78 is 5.53. The van der Waals surface area contributed by atoms with Crippen LogP contribution < -0.4 is 5.32 Å². The number of rotatable bonds is 4. The van der Waals surface area contributed by atoms with Crippen LogP contribution in [0.5, 0.6) is 0 Å². The Morgan fingerprint density at radius 2 is 1.59 bits per heavy atom. The van der Waals surface area contributed by atoms with Gasteiger partial charge in [0.2, 0.25) is 11.7 Å². The minimum atomic E-state index is -1.34. The average Bonchev–Trinajstić information content (AvgIpc) is 3.65. The van der Waals surface area contributed by atoms with E-state index in [1.807, 2.05) is 71.8 Å². The van der Waals surface area contributed by atoms with Gasteiger partial charge in [0.25, 0.3) is 0 Å². The molecule has 0 unspecified atom stereocenters. The highest BCUT2D eigenvalue weighted by Gasteiger charge is 2.70. The summed E-state index contributed by atoms with van der Waals surface area (Å²) in [6.07, 6.45) is 5.24. The van der Waals surface area contributed by atoms with Crippen molar-refractivity contribution in [2.75, 3.05) is 5.32 Å². The Morgan fingerprint density at radius 3 is 2.41 bits per heavy atom. The van der Waals surface area contributed by atoms with Crippen molar-refractivity contribution in [3.63, 3.8) is 0 Å². The number of hydrogen-bond donors (Lipinski definition) is 1. The number of hydrogen-bond acceptors (Lipinski definition) is 5. The van der Waals surface area contributed by atoms with Gasteiger partial charge < -0.3 is 14.6 Å². The first kappa shape index (κ1) is 21.6. The second-order valence-electron chi connectivity index (χ2n) is 9.66. The van der Waals surface area contributed by atoms with Gasteiger partial charge in [-0.15, -0.1) is 0 Å². The number of nitrogens with one attached hydrogen (secondary N) is 1. The molecule has 37 heavy (non-hydrogen) atoms. The van der Waals surface area contributed by atoms with E-state index in [-0.39, 0.29) is 23.2 Å². The SMILES string of the molecule is O=C(c1ccco1)[C@@H]1[C@H](C(=O)c2ccccc2)[C@]2(C(=O)Nc3ccccc32)[C@@H]2c3ccccc3C=CN12. The van der Waals surface area contributed by atoms with Crippen LogP contribution in [0.25, 0.3) is 6.08 Å². The Kier molecular flexibility index (Phi) is 4.60. The smallest absolute Gasteiger partial charge is 0.238 e. The van der Waals surface area contributed by atoms with E-state index in [4.69, 9.17) is 4.42 Å². The summed E-state index contributed by atoms with van der Waals surface area (Å²) in [4.78, 5) is 44.8. The van der Waals surface area contributed by atoms with Gasteiger partial charge in [-0.25, -0.2) is 0 Å². The molecule has 7 rings (SSSR count). The number of fused-ring (bicyclic) bond motifs is 6. The molecule has 1 spiro atoms. The van der Waals surface area contributed by atoms with Crippen molar-refractivity contribution in [2.24, 2.45) is 5.92 Å². The molecule has 0 bridgehead atoms. The number of carbonyl (C=O) groups is 3. The van der Waals surface area contributed by atoms with Gasteiger partial charge in [0.1, 0.15) is 11.5 Å². The summed E-state index contributed by atoms with van der Waals surface area (Å²) in [7, 11) is 0. The van der Waals surface area contributed by atoms with Crippen LogP contribution in [0.4, 0.5) is 5.69 Å². The predicted octanol–water partition coefficient (Wildman–Crippen LogP) is 5.26. The molecule has 1 N–H and O–H groups in total. The quantitative estimate of drug-likeness (QED) is 0.398. The van der Waals surface area contributed by atoms with Gasteiger partial charge in [-0.1, -0.05) is 72.8 Å². The molecular formula is C31H22N2O4. The molecule has 4 aromatic rings. The average molecular weight is 487 g/mol. The zero-order valence-electron chi connectivity index (χ0n) is 19.7. The van der Waals surface area contributed by atoms with Crippen molar-refractivity contribution >= 4 is 29.2 Å². The number of furan rings is 1. The van der Waals surface area contributed by atoms with Gasteiger partial charge in [-0.3, -0.25) is 14.4 Å². The Hall–Kier alpha value is -4.71. The molecule has 6 heteroatoms. The molecule has 1 fully saturated rings.